The molecule has 0 saturated carbocycles. The Morgan fingerprint density at radius 2 is 0.512 bits per heavy atom. The van der Waals surface area contributed by atoms with Gasteiger partial charge in [-0.1, -0.05) is 323 Å². The Kier molecular flexibility index (Phi) is 66.7. The number of esters is 3. The van der Waals surface area contributed by atoms with Gasteiger partial charge in [0.05, 0.1) is 6.42 Å². The molecule has 6 nitrogen and oxygen atoms in total. The van der Waals surface area contributed by atoms with Crippen molar-refractivity contribution < 1.29 is 28.6 Å². The molecule has 0 aliphatic rings. The minimum Gasteiger partial charge on any atom is -0.462 e. The van der Waals surface area contributed by atoms with E-state index >= 15 is 0 Å². The Bertz CT molecular complexity index is 1590. The summed E-state index contributed by atoms with van der Waals surface area (Å²) in [4.78, 5) is 38.2. The molecule has 0 bridgehead atoms. The summed E-state index contributed by atoms with van der Waals surface area (Å²) >= 11 is 0. The molecule has 0 N–H and O–H groups in total. The van der Waals surface area contributed by atoms with E-state index in [9.17, 15) is 14.4 Å². The molecule has 0 aromatic heterocycles. The van der Waals surface area contributed by atoms with Crippen molar-refractivity contribution in [3.05, 3.63) is 97.2 Å². The van der Waals surface area contributed by atoms with Crippen LogP contribution in [-0.2, 0) is 28.6 Å². The van der Waals surface area contributed by atoms with Crippen molar-refractivity contribution in [3.63, 3.8) is 0 Å². The first-order chi connectivity index (χ1) is 40.5. The number of hydrogen-bond acceptors (Lipinski definition) is 6. The molecule has 0 amide bonds. The molecule has 0 spiro atoms. The van der Waals surface area contributed by atoms with E-state index in [0.717, 1.165) is 89.9 Å². The highest BCUT2D eigenvalue weighted by Gasteiger charge is 2.19. The van der Waals surface area contributed by atoms with Gasteiger partial charge in [0.2, 0.25) is 0 Å². The van der Waals surface area contributed by atoms with Crippen LogP contribution in [0.4, 0.5) is 0 Å². The lowest BCUT2D eigenvalue weighted by Gasteiger charge is -2.18. The molecule has 0 aromatic rings. The Morgan fingerprint density at radius 3 is 0.817 bits per heavy atom. The van der Waals surface area contributed by atoms with E-state index in [1.54, 1.807) is 6.08 Å². The summed E-state index contributed by atoms with van der Waals surface area (Å²) in [5.74, 6) is -1.04. The summed E-state index contributed by atoms with van der Waals surface area (Å²) < 4.78 is 16.8. The molecule has 472 valence electrons. The van der Waals surface area contributed by atoms with E-state index in [2.05, 4.69) is 106 Å². The van der Waals surface area contributed by atoms with E-state index < -0.39 is 12.1 Å². The Labute approximate surface area is 508 Å². The van der Waals surface area contributed by atoms with Crippen molar-refractivity contribution in [3.8, 4) is 0 Å². The van der Waals surface area contributed by atoms with Crippen LogP contribution in [0.25, 0.3) is 0 Å². The summed E-state index contributed by atoms with van der Waals surface area (Å²) in [5.41, 5.74) is 0. The van der Waals surface area contributed by atoms with E-state index in [-0.39, 0.29) is 31.6 Å². The minimum atomic E-state index is -0.835. The topological polar surface area (TPSA) is 78.9 Å². The fourth-order valence-corrected chi connectivity index (χ4v) is 10.1. The van der Waals surface area contributed by atoms with Gasteiger partial charge in [-0.25, -0.2) is 0 Å². The van der Waals surface area contributed by atoms with Crippen molar-refractivity contribution >= 4 is 17.9 Å². The molecule has 0 heterocycles. The van der Waals surface area contributed by atoms with Gasteiger partial charge < -0.3 is 14.2 Å². The Balaban J connectivity index is 4.15. The molecular formula is C76H132O6. The smallest absolute Gasteiger partial charge is 0.310 e. The van der Waals surface area contributed by atoms with Crippen molar-refractivity contribution in [2.24, 2.45) is 0 Å². The average molecular weight is 1140 g/mol. The first kappa shape index (κ1) is 78.3. The van der Waals surface area contributed by atoms with Gasteiger partial charge in [-0.15, -0.1) is 0 Å². The van der Waals surface area contributed by atoms with Crippen LogP contribution in [0.5, 0.6) is 0 Å². The number of rotatable bonds is 64. The number of ether oxygens (including phenoxy) is 3. The van der Waals surface area contributed by atoms with Crippen LogP contribution in [0.3, 0.4) is 0 Å². The van der Waals surface area contributed by atoms with Crippen LogP contribution in [0.15, 0.2) is 97.2 Å². The van der Waals surface area contributed by atoms with Crippen LogP contribution in [0.2, 0.25) is 0 Å². The van der Waals surface area contributed by atoms with Gasteiger partial charge in [0.25, 0.3) is 0 Å². The molecule has 0 fully saturated rings. The van der Waals surface area contributed by atoms with Crippen molar-refractivity contribution in [1.82, 2.24) is 0 Å². The summed E-state index contributed by atoms with van der Waals surface area (Å²) in [7, 11) is 0. The average Bonchev–Trinajstić information content (AvgIpc) is 3.47. The van der Waals surface area contributed by atoms with E-state index in [1.807, 2.05) is 6.08 Å². The second-order valence-corrected chi connectivity index (χ2v) is 23.4. The summed E-state index contributed by atoms with van der Waals surface area (Å²) in [6.45, 7) is 6.45. The van der Waals surface area contributed by atoms with Gasteiger partial charge in [-0.05, 0) is 103 Å². The first-order valence-corrected chi connectivity index (χ1v) is 35.2. The molecule has 0 aromatic carbocycles. The summed E-state index contributed by atoms with van der Waals surface area (Å²) in [5, 5.41) is 0. The van der Waals surface area contributed by atoms with Gasteiger partial charge in [0.1, 0.15) is 13.2 Å². The summed E-state index contributed by atoms with van der Waals surface area (Å²) in [6.07, 6.45) is 94.9. The van der Waals surface area contributed by atoms with Gasteiger partial charge in [0.15, 0.2) is 6.10 Å². The van der Waals surface area contributed by atoms with E-state index in [4.69, 9.17) is 14.2 Å². The maximum absolute atomic E-state index is 12.8. The second-order valence-electron chi connectivity index (χ2n) is 23.4. The number of carbonyl (C=O) groups excluding carboxylic acids is 3. The fraction of sp³-hybridized carbons (Fsp3) is 0.750. The van der Waals surface area contributed by atoms with E-state index in [1.165, 1.54) is 218 Å². The highest BCUT2D eigenvalue weighted by molar-refractivity contribution is 5.72. The van der Waals surface area contributed by atoms with Crippen LogP contribution in [0, 0.1) is 0 Å². The summed E-state index contributed by atoms with van der Waals surface area (Å²) in [6, 6.07) is 0. The third-order valence-corrected chi connectivity index (χ3v) is 15.3. The van der Waals surface area contributed by atoms with Crippen LogP contribution in [0.1, 0.15) is 348 Å². The van der Waals surface area contributed by atoms with Gasteiger partial charge in [-0.3, -0.25) is 14.4 Å². The molecule has 0 radical (unpaired) electrons. The van der Waals surface area contributed by atoms with E-state index in [0.29, 0.717) is 12.8 Å². The first-order valence-electron chi connectivity index (χ1n) is 35.2. The van der Waals surface area contributed by atoms with Crippen LogP contribution >= 0.6 is 0 Å². The molecular weight excluding hydrogens is 1010 g/mol. The Hall–Kier alpha value is -3.67. The van der Waals surface area contributed by atoms with Crippen LogP contribution < -0.4 is 0 Å². The number of allylic oxidation sites excluding steroid dienone is 15. The zero-order valence-corrected chi connectivity index (χ0v) is 54.2. The number of hydrogen-bond donors (Lipinski definition) is 0. The van der Waals surface area contributed by atoms with Crippen molar-refractivity contribution in [2.75, 3.05) is 13.2 Å². The maximum atomic E-state index is 12.8. The third-order valence-electron chi connectivity index (χ3n) is 15.3. The zero-order valence-electron chi connectivity index (χ0n) is 54.2. The van der Waals surface area contributed by atoms with Gasteiger partial charge in [-0.2, -0.15) is 0 Å². The normalized spacial score (nSPS) is 12.7. The standard InChI is InChI=1S/C76H132O6/c1-4-7-10-13-16-19-22-25-28-29-30-31-32-33-34-35-36-37-38-39-40-41-42-43-44-45-46-47-49-51-54-57-60-63-66-69-75(78)81-72-73(71-80-74(77)68-65-62-59-56-53-50-27-24-21-18-15-12-9-6-3)82-76(79)70-67-64-61-58-55-52-48-26-23-20-17-14-11-8-5-2/h8,11,17,20,22,24-27,29-30,48,55,58,64,67,73H,4-7,9-10,12-16,18-19,21,23,28,31-47,49-54,56-57,59-63,65-66,68-72H2,1-3H3/b11-8-,20-17-,25-22-,27-24-,30-29-,48-26-,58-55-,67-64-. The molecule has 0 rings (SSSR count). The SMILES string of the molecule is CC/C=C\C/C=C\C/C=C\C/C=C\C/C=C\CC(=O)OC(COC(=O)CCCCCCC/C=C\CCCCCCC)COC(=O)CCCCCCCCCCCCCCCCCCCCCCCCC/C=C\C/C=C\CCCCCCC. The lowest BCUT2D eigenvalue weighted by Crippen LogP contribution is -2.30. The fourth-order valence-electron chi connectivity index (χ4n) is 10.1. The highest BCUT2D eigenvalue weighted by Crippen LogP contribution is 2.17. The third kappa shape index (κ3) is 67.1. The van der Waals surface area contributed by atoms with Gasteiger partial charge in [0, 0.05) is 12.8 Å². The number of unbranched alkanes of at least 4 members (excludes halogenated alkanes) is 38. The largest absolute Gasteiger partial charge is 0.462 e. The van der Waals surface area contributed by atoms with Gasteiger partial charge >= 0.3 is 17.9 Å². The lowest BCUT2D eigenvalue weighted by atomic mass is 10.0. The molecule has 1 atom stereocenters. The molecule has 0 aliphatic carbocycles. The predicted molar refractivity (Wildman–Crippen MR) is 357 cm³/mol. The number of carbonyl (C=O) groups is 3. The molecule has 6 heteroatoms. The quantitative estimate of drug-likeness (QED) is 0.0261. The minimum absolute atomic E-state index is 0.0961. The highest BCUT2D eigenvalue weighted by atomic mass is 16.6. The monoisotopic (exact) mass is 1140 g/mol. The van der Waals surface area contributed by atoms with Crippen LogP contribution in [-0.4, -0.2) is 37.2 Å². The molecule has 0 saturated heterocycles. The Morgan fingerprint density at radius 1 is 0.268 bits per heavy atom. The molecule has 0 aliphatic heterocycles. The second kappa shape index (κ2) is 69.8. The lowest BCUT2D eigenvalue weighted by molar-refractivity contribution is -0.166. The molecule has 1 unspecified atom stereocenters. The molecule has 82 heavy (non-hydrogen) atoms. The predicted octanol–water partition coefficient (Wildman–Crippen LogP) is 24.4. The van der Waals surface area contributed by atoms with Crippen molar-refractivity contribution in [2.45, 2.75) is 354 Å². The zero-order chi connectivity index (χ0) is 59.2. The van der Waals surface area contributed by atoms with Crippen molar-refractivity contribution in [1.29, 1.82) is 0 Å². The maximum Gasteiger partial charge on any atom is 0.310 e.